The Labute approximate surface area is 125 Å². The molecule has 1 aromatic rings. The molecule has 0 saturated heterocycles. The second kappa shape index (κ2) is 7.73. The van der Waals surface area contributed by atoms with Crippen molar-refractivity contribution >= 4 is 5.91 Å². The summed E-state index contributed by atoms with van der Waals surface area (Å²) >= 11 is 0. The summed E-state index contributed by atoms with van der Waals surface area (Å²) in [5.41, 5.74) is 6.60. The number of carbonyl (C=O) groups is 1. The standard InChI is InChI=1S/C15H24N2O4/c1-9(2)12(16)15(18)17-8-10-6-7-11(19-3)14(21-5)13(10)20-4/h6-7,9,12H,8,16H2,1-5H3,(H,17,18)/t12-/m0/s1. The first-order valence-electron chi connectivity index (χ1n) is 6.77. The fourth-order valence-electron chi connectivity index (χ4n) is 1.91. The average Bonchev–Trinajstić information content (AvgIpc) is 2.50. The van der Waals surface area contributed by atoms with Crippen molar-refractivity contribution in [2.24, 2.45) is 11.7 Å². The van der Waals surface area contributed by atoms with Gasteiger partial charge < -0.3 is 25.3 Å². The highest BCUT2D eigenvalue weighted by atomic mass is 16.5. The topological polar surface area (TPSA) is 82.8 Å². The number of rotatable bonds is 7. The number of amides is 1. The van der Waals surface area contributed by atoms with Gasteiger partial charge in [-0.1, -0.05) is 13.8 Å². The van der Waals surface area contributed by atoms with Crippen molar-refractivity contribution in [3.63, 3.8) is 0 Å². The molecular formula is C15H24N2O4. The maximum absolute atomic E-state index is 11.9. The van der Waals surface area contributed by atoms with Gasteiger partial charge >= 0.3 is 0 Å². The maximum atomic E-state index is 11.9. The summed E-state index contributed by atoms with van der Waals surface area (Å²) in [5.74, 6) is 1.50. The van der Waals surface area contributed by atoms with E-state index in [4.69, 9.17) is 19.9 Å². The Bertz CT molecular complexity index is 489. The fraction of sp³-hybridized carbons (Fsp3) is 0.533. The summed E-state index contributed by atoms with van der Waals surface area (Å²) in [7, 11) is 4.64. The van der Waals surface area contributed by atoms with E-state index in [0.29, 0.717) is 23.8 Å². The molecule has 0 radical (unpaired) electrons. The van der Waals surface area contributed by atoms with Crippen LogP contribution in [0.1, 0.15) is 19.4 Å². The largest absolute Gasteiger partial charge is 0.493 e. The number of carbonyl (C=O) groups excluding carboxylic acids is 1. The van der Waals surface area contributed by atoms with Crippen molar-refractivity contribution in [3.8, 4) is 17.2 Å². The van der Waals surface area contributed by atoms with Gasteiger partial charge in [0, 0.05) is 12.1 Å². The van der Waals surface area contributed by atoms with Crippen LogP contribution in [0.4, 0.5) is 0 Å². The molecule has 1 amide bonds. The van der Waals surface area contributed by atoms with Crippen molar-refractivity contribution < 1.29 is 19.0 Å². The van der Waals surface area contributed by atoms with Crippen LogP contribution in [0.25, 0.3) is 0 Å². The molecule has 0 aliphatic rings. The summed E-state index contributed by atoms with van der Waals surface area (Å²) in [5, 5.41) is 2.80. The summed E-state index contributed by atoms with van der Waals surface area (Å²) in [6.07, 6.45) is 0. The first kappa shape index (κ1) is 17.1. The Hall–Kier alpha value is -1.95. The molecule has 0 unspecified atom stereocenters. The molecule has 3 N–H and O–H groups in total. The molecule has 6 nitrogen and oxygen atoms in total. The lowest BCUT2D eigenvalue weighted by molar-refractivity contribution is -0.123. The number of nitrogens with two attached hydrogens (primary N) is 1. The molecular weight excluding hydrogens is 272 g/mol. The van der Waals surface area contributed by atoms with E-state index in [2.05, 4.69) is 5.32 Å². The quantitative estimate of drug-likeness (QED) is 0.793. The lowest BCUT2D eigenvalue weighted by Gasteiger charge is -2.18. The van der Waals surface area contributed by atoms with Crippen molar-refractivity contribution in [1.82, 2.24) is 5.32 Å². The van der Waals surface area contributed by atoms with Crippen LogP contribution in [0.15, 0.2) is 12.1 Å². The van der Waals surface area contributed by atoms with Crippen molar-refractivity contribution in [2.45, 2.75) is 26.4 Å². The highest BCUT2D eigenvalue weighted by molar-refractivity contribution is 5.81. The molecule has 0 aromatic heterocycles. The third kappa shape index (κ3) is 4.01. The molecule has 0 heterocycles. The summed E-state index contributed by atoms with van der Waals surface area (Å²) in [6.45, 7) is 4.12. The van der Waals surface area contributed by atoms with Crippen LogP contribution >= 0.6 is 0 Å². The lowest BCUT2D eigenvalue weighted by atomic mass is 10.0. The smallest absolute Gasteiger partial charge is 0.237 e. The Kier molecular flexibility index (Phi) is 6.30. The molecule has 118 valence electrons. The van der Waals surface area contributed by atoms with Gasteiger partial charge in [0.15, 0.2) is 11.5 Å². The van der Waals surface area contributed by atoms with Gasteiger partial charge in [-0.05, 0) is 18.1 Å². The molecule has 1 aromatic carbocycles. The first-order chi connectivity index (χ1) is 9.96. The minimum atomic E-state index is -0.531. The molecule has 1 atom stereocenters. The molecule has 6 heteroatoms. The summed E-state index contributed by atoms with van der Waals surface area (Å²) in [6, 6.07) is 3.06. The van der Waals surface area contributed by atoms with Crippen molar-refractivity contribution in [3.05, 3.63) is 17.7 Å². The molecule has 21 heavy (non-hydrogen) atoms. The van der Waals surface area contributed by atoms with Crippen LogP contribution in [-0.4, -0.2) is 33.3 Å². The highest BCUT2D eigenvalue weighted by Crippen LogP contribution is 2.39. The molecule has 1 rings (SSSR count). The Morgan fingerprint density at radius 1 is 1.14 bits per heavy atom. The van der Waals surface area contributed by atoms with Crippen LogP contribution in [0, 0.1) is 5.92 Å². The van der Waals surface area contributed by atoms with Crippen molar-refractivity contribution in [1.29, 1.82) is 0 Å². The number of nitrogens with one attached hydrogen (secondary N) is 1. The van der Waals surface area contributed by atoms with E-state index in [-0.39, 0.29) is 11.8 Å². The monoisotopic (exact) mass is 296 g/mol. The van der Waals surface area contributed by atoms with E-state index < -0.39 is 6.04 Å². The number of hydrogen-bond donors (Lipinski definition) is 2. The molecule has 0 spiro atoms. The fourth-order valence-corrected chi connectivity index (χ4v) is 1.91. The van der Waals surface area contributed by atoms with E-state index in [1.165, 1.54) is 7.11 Å². The lowest BCUT2D eigenvalue weighted by Crippen LogP contribution is -2.43. The van der Waals surface area contributed by atoms with E-state index in [9.17, 15) is 4.79 Å². The van der Waals surface area contributed by atoms with Gasteiger partial charge in [0.05, 0.1) is 27.4 Å². The van der Waals surface area contributed by atoms with Crippen LogP contribution in [0.3, 0.4) is 0 Å². The second-order valence-corrected chi connectivity index (χ2v) is 4.98. The number of methoxy groups -OCH3 is 3. The molecule has 0 aliphatic carbocycles. The zero-order valence-corrected chi connectivity index (χ0v) is 13.2. The third-order valence-electron chi connectivity index (χ3n) is 3.26. The van der Waals surface area contributed by atoms with E-state index in [1.807, 2.05) is 19.9 Å². The number of ether oxygens (including phenoxy) is 3. The number of benzene rings is 1. The molecule has 0 bridgehead atoms. The van der Waals surface area contributed by atoms with Gasteiger partial charge in [0.2, 0.25) is 11.7 Å². The maximum Gasteiger partial charge on any atom is 0.237 e. The zero-order valence-electron chi connectivity index (χ0n) is 13.2. The van der Waals surface area contributed by atoms with Gasteiger partial charge in [0.25, 0.3) is 0 Å². The summed E-state index contributed by atoms with van der Waals surface area (Å²) < 4.78 is 15.9. The predicted octanol–water partition coefficient (Wildman–Crippen LogP) is 1.31. The van der Waals surface area contributed by atoms with E-state index >= 15 is 0 Å². The number of hydrogen-bond acceptors (Lipinski definition) is 5. The van der Waals surface area contributed by atoms with Gasteiger partial charge in [-0.15, -0.1) is 0 Å². The minimum absolute atomic E-state index is 0.0808. The molecule has 0 aliphatic heterocycles. The molecule has 0 saturated carbocycles. The van der Waals surface area contributed by atoms with Crippen LogP contribution < -0.4 is 25.3 Å². The van der Waals surface area contributed by atoms with Crippen LogP contribution in [0.2, 0.25) is 0 Å². The SMILES string of the molecule is COc1ccc(CNC(=O)[C@@H](N)C(C)C)c(OC)c1OC. The van der Waals surface area contributed by atoms with Crippen molar-refractivity contribution in [2.75, 3.05) is 21.3 Å². The second-order valence-electron chi connectivity index (χ2n) is 4.98. The van der Waals surface area contributed by atoms with Gasteiger partial charge in [-0.2, -0.15) is 0 Å². The summed E-state index contributed by atoms with van der Waals surface area (Å²) in [4.78, 5) is 11.9. The normalized spacial score (nSPS) is 12.0. The van der Waals surface area contributed by atoms with Crippen LogP contribution in [0.5, 0.6) is 17.2 Å². The van der Waals surface area contributed by atoms with Gasteiger partial charge in [0.1, 0.15) is 0 Å². The first-order valence-corrected chi connectivity index (χ1v) is 6.77. The van der Waals surface area contributed by atoms with Gasteiger partial charge in [-0.3, -0.25) is 4.79 Å². The average molecular weight is 296 g/mol. The van der Waals surface area contributed by atoms with E-state index in [0.717, 1.165) is 5.56 Å². The third-order valence-corrected chi connectivity index (χ3v) is 3.26. The Balaban J connectivity index is 2.91. The Morgan fingerprint density at radius 3 is 2.24 bits per heavy atom. The highest BCUT2D eigenvalue weighted by Gasteiger charge is 2.19. The Morgan fingerprint density at radius 2 is 1.76 bits per heavy atom. The van der Waals surface area contributed by atoms with E-state index in [1.54, 1.807) is 20.3 Å². The molecule has 0 fully saturated rings. The minimum Gasteiger partial charge on any atom is -0.493 e. The van der Waals surface area contributed by atoms with Gasteiger partial charge in [-0.25, -0.2) is 0 Å². The zero-order chi connectivity index (χ0) is 16.0. The predicted molar refractivity (Wildman–Crippen MR) is 80.8 cm³/mol. The van der Waals surface area contributed by atoms with Crippen LogP contribution in [-0.2, 0) is 11.3 Å².